The van der Waals surface area contributed by atoms with Gasteiger partial charge in [-0.15, -0.1) is 0 Å². The zero-order valence-corrected chi connectivity index (χ0v) is 21.2. The molecule has 0 aliphatic rings. The second-order valence-corrected chi connectivity index (χ2v) is 11.3. The van der Waals surface area contributed by atoms with E-state index in [1.807, 2.05) is 0 Å². The zero-order chi connectivity index (χ0) is 19.0. The molecule has 0 atom stereocenters. The van der Waals surface area contributed by atoms with Gasteiger partial charge in [0.15, 0.2) is 0 Å². The number of hydrogen-bond acceptors (Lipinski definition) is 0. The molecule has 0 aromatic heterocycles. The van der Waals surface area contributed by atoms with E-state index >= 15 is 0 Å². The molecular formula is C26H24Cl2NiP2. The maximum atomic E-state index is 2.30. The quantitative estimate of drug-likeness (QED) is 0.219. The summed E-state index contributed by atoms with van der Waals surface area (Å²) in [5.41, 5.74) is 0. The third kappa shape index (κ3) is 7.72. The second-order valence-electron chi connectivity index (χ2n) is 6.65. The van der Waals surface area contributed by atoms with Gasteiger partial charge in [0.2, 0.25) is 0 Å². The van der Waals surface area contributed by atoms with Gasteiger partial charge in [-0.2, -0.15) is 0 Å². The Hall–Kier alpha value is -1.19. The van der Waals surface area contributed by atoms with Crippen molar-refractivity contribution in [3.05, 3.63) is 121 Å². The molecule has 162 valence electrons. The van der Waals surface area contributed by atoms with Crippen molar-refractivity contribution in [3.8, 4) is 0 Å². The monoisotopic (exact) mass is 526 g/mol. The first-order valence-electron chi connectivity index (χ1n) is 9.67. The minimum absolute atomic E-state index is 0. The van der Waals surface area contributed by atoms with Crippen molar-refractivity contribution in [1.82, 2.24) is 0 Å². The van der Waals surface area contributed by atoms with E-state index in [2.05, 4.69) is 121 Å². The van der Waals surface area contributed by atoms with E-state index in [1.165, 1.54) is 33.5 Å². The Balaban J connectivity index is 0.00000160. The Morgan fingerprint density at radius 2 is 0.548 bits per heavy atom. The molecule has 4 aromatic carbocycles. The fourth-order valence-corrected chi connectivity index (χ4v) is 8.80. The van der Waals surface area contributed by atoms with Gasteiger partial charge in [0.05, 0.1) is 0 Å². The van der Waals surface area contributed by atoms with E-state index < -0.39 is 0 Å². The predicted octanol–water partition coefficient (Wildman–Crippen LogP) is -0.742. The molecule has 31 heavy (non-hydrogen) atoms. The van der Waals surface area contributed by atoms with Crippen molar-refractivity contribution < 1.29 is 41.3 Å². The Morgan fingerprint density at radius 1 is 0.355 bits per heavy atom. The van der Waals surface area contributed by atoms with Crippen molar-refractivity contribution in [2.45, 2.75) is 0 Å². The number of benzene rings is 4. The summed E-state index contributed by atoms with van der Waals surface area (Å²) in [5, 5.41) is 5.89. The molecule has 0 saturated heterocycles. The van der Waals surface area contributed by atoms with Crippen LogP contribution in [-0.4, -0.2) is 12.3 Å². The Kier molecular flexibility index (Phi) is 13.3. The minimum Gasteiger partial charge on any atom is -1.00 e. The van der Waals surface area contributed by atoms with Gasteiger partial charge in [0.1, 0.15) is 0 Å². The third-order valence-electron chi connectivity index (χ3n) is 4.82. The van der Waals surface area contributed by atoms with Crippen LogP contribution in [0, 0.1) is 0 Å². The van der Waals surface area contributed by atoms with Gasteiger partial charge in [-0.05, 0) is 49.4 Å². The van der Waals surface area contributed by atoms with Gasteiger partial charge in [-0.3, -0.25) is 0 Å². The Labute approximate surface area is 211 Å². The Bertz CT molecular complexity index is 809. The molecule has 5 heteroatoms. The van der Waals surface area contributed by atoms with Crippen LogP contribution < -0.4 is 46.0 Å². The molecule has 0 nitrogen and oxygen atoms in total. The van der Waals surface area contributed by atoms with Gasteiger partial charge in [0, 0.05) is 0 Å². The standard InChI is InChI=1S/C26H24P2.2ClH.Ni/c1-5-13-23(14-6-1)27(24-15-7-2-8-16-24)21-22-28(25-17-9-3-10-18-25)26-19-11-4-12-20-26;;;/h1-20H,21-22H2;2*1H;/q;;;+2/p-2. The fourth-order valence-electron chi connectivity index (χ4n) is 3.45. The molecule has 0 N–H and O–H groups in total. The third-order valence-corrected chi connectivity index (χ3v) is 10.2. The van der Waals surface area contributed by atoms with Crippen molar-refractivity contribution in [1.29, 1.82) is 0 Å². The van der Waals surface area contributed by atoms with Crippen molar-refractivity contribution in [2.75, 3.05) is 12.3 Å². The largest absolute Gasteiger partial charge is 2.00 e. The van der Waals surface area contributed by atoms with E-state index in [9.17, 15) is 0 Å². The van der Waals surface area contributed by atoms with Crippen LogP contribution in [0.25, 0.3) is 0 Å². The molecule has 0 amide bonds. The SMILES string of the molecule is [Cl-].[Cl-].[Ni+2].c1ccc(P(CCP(c2ccccc2)c2ccccc2)c2ccccc2)cc1. The molecule has 0 aliphatic carbocycles. The summed E-state index contributed by atoms with van der Waals surface area (Å²) in [6.45, 7) is 0. The first-order valence-corrected chi connectivity index (χ1v) is 12.7. The van der Waals surface area contributed by atoms with Crippen LogP contribution in [-0.2, 0) is 16.5 Å². The van der Waals surface area contributed by atoms with Crippen LogP contribution in [0.1, 0.15) is 0 Å². The first kappa shape index (κ1) is 27.8. The van der Waals surface area contributed by atoms with Gasteiger partial charge in [-0.1, -0.05) is 121 Å². The van der Waals surface area contributed by atoms with E-state index in [4.69, 9.17) is 0 Å². The number of halogens is 2. The summed E-state index contributed by atoms with van der Waals surface area (Å²) in [7, 11) is -0.696. The molecule has 0 fully saturated rings. The topological polar surface area (TPSA) is 0 Å². The van der Waals surface area contributed by atoms with Crippen LogP contribution in [0.4, 0.5) is 0 Å². The molecule has 0 radical (unpaired) electrons. The van der Waals surface area contributed by atoms with E-state index in [0.717, 1.165) is 0 Å². The van der Waals surface area contributed by atoms with Gasteiger partial charge < -0.3 is 24.8 Å². The maximum Gasteiger partial charge on any atom is 2.00 e. The van der Waals surface area contributed by atoms with Crippen molar-refractivity contribution in [2.24, 2.45) is 0 Å². The van der Waals surface area contributed by atoms with Crippen LogP contribution >= 0.6 is 15.8 Å². The summed E-state index contributed by atoms with van der Waals surface area (Å²) < 4.78 is 0. The average Bonchev–Trinajstić information content (AvgIpc) is 2.79. The van der Waals surface area contributed by atoms with Crippen molar-refractivity contribution in [3.63, 3.8) is 0 Å². The van der Waals surface area contributed by atoms with Crippen LogP contribution in [0.15, 0.2) is 121 Å². The molecule has 4 rings (SSSR count). The molecule has 0 saturated carbocycles. The predicted molar refractivity (Wildman–Crippen MR) is 128 cm³/mol. The van der Waals surface area contributed by atoms with Gasteiger partial charge in [-0.25, -0.2) is 0 Å². The molecule has 4 aromatic rings. The normalized spacial score (nSPS) is 10.0. The first-order chi connectivity index (χ1) is 13.9. The smallest absolute Gasteiger partial charge is 1.00 e. The van der Waals surface area contributed by atoms with Gasteiger partial charge >= 0.3 is 16.5 Å². The van der Waals surface area contributed by atoms with Crippen LogP contribution in [0.5, 0.6) is 0 Å². The maximum absolute atomic E-state index is 2.30. The summed E-state index contributed by atoms with van der Waals surface area (Å²) in [6, 6.07) is 44.2. The summed E-state index contributed by atoms with van der Waals surface area (Å²) in [5.74, 6) is 0. The Morgan fingerprint density at radius 3 is 0.742 bits per heavy atom. The minimum atomic E-state index is -0.348. The molecular weight excluding hydrogens is 504 g/mol. The molecule has 0 aliphatic heterocycles. The van der Waals surface area contributed by atoms with Crippen molar-refractivity contribution >= 4 is 37.1 Å². The average molecular weight is 528 g/mol. The number of hydrogen-bond donors (Lipinski definition) is 0. The molecule has 0 bridgehead atoms. The van der Waals surface area contributed by atoms with Gasteiger partial charge in [0.25, 0.3) is 0 Å². The summed E-state index contributed by atoms with van der Waals surface area (Å²) in [6.07, 6.45) is 2.41. The van der Waals surface area contributed by atoms with E-state index in [-0.39, 0.29) is 57.1 Å². The molecule has 0 unspecified atom stereocenters. The van der Waals surface area contributed by atoms with E-state index in [1.54, 1.807) is 0 Å². The number of rotatable bonds is 7. The fraction of sp³-hybridized carbons (Fsp3) is 0.0769. The van der Waals surface area contributed by atoms with Crippen LogP contribution in [0.2, 0.25) is 0 Å². The van der Waals surface area contributed by atoms with E-state index in [0.29, 0.717) is 0 Å². The van der Waals surface area contributed by atoms with Crippen LogP contribution in [0.3, 0.4) is 0 Å². The molecule has 0 spiro atoms. The summed E-state index contributed by atoms with van der Waals surface area (Å²) >= 11 is 0. The molecule has 0 heterocycles. The zero-order valence-electron chi connectivity index (χ0n) is 16.9. The summed E-state index contributed by atoms with van der Waals surface area (Å²) in [4.78, 5) is 0. The second kappa shape index (κ2) is 14.8.